The van der Waals surface area contributed by atoms with E-state index < -0.39 is 12.0 Å². The van der Waals surface area contributed by atoms with E-state index in [4.69, 9.17) is 0 Å². The lowest BCUT2D eigenvalue weighted by molar-refractivity contribution is -0.141. The molecule has 0 amide bonds. The van der Waals surface area contributed by atoms with Crippen molar-refractivity contribution >= 4 is 0 Å². The minimum atomic E-state index is -2.52. The van der Waals surface area contributed by atoms with E-state index in [2.05, 4.69) is 0 Å². The summed E-state index contributed by atoms with van der Waals surface area (Å²) in [5.74, 6) is -2.38. The number of rotatable bonds is 3. The zero-order valence-corrected chi connectivity index (χ0v) is 7.43. The van der Waals surface area contributed by atoms with Crippen LogP contribution in [-0.4, -0.2) is 41.7 Å². The van der Waals surface area contributed by atoms with E-state index >= 15 is 0 Å². The highest BCUT2D eigenvalue weighted by atomic mass is 19.3. The second kappa shape index (κ2) is 3.26. The summed E-state index contributed by atoms with van der Waals surface area (Å²) >= 11 is 0. The van der Waals surface area contributed by atoms with Crippen LogP contribution in [0.4, 0.5) is 8.78 Å². The van der Waals surface area contributed by atoms with Crippen molar-refractivity contribution in [2.75, 3.05) is 19.6 Å². The molecule has 1 heterocycles. The smallest absolute Gasteiger partial charge is 0.272 e. The average molecular weight is 179 g/mol. The molecule has 0 aliphatic carbocycles. The van der Waals surface area contributed by atoms with Gasteiger partial charge in [-0.25, -0.2) is 8.78 Å². The molecule has 0 aromatic rings. The maximum Gasteiger partial charge on any atom is 0.272 e. The first kappa shape index (κ1) is 9.86. The third kappa shape index (κ3) is 2.38. The lowest BCUT2D eigenvalue weighted by atomic mass is 10.0. The molecule has 12 heavy (non-hydrogen) atoms. The lowest BCUT2D eigenvalue weighted by Gasteiger charge is -2.40. The van der Waals surface area contributed by atoms with Gasteiger partial charge in [-0.1, -0.05) is 13.8 Å². The SMILES string of the molecule is CC(C)C(O)CN1CC(F)(F)C1. The summed E-state index contributed by atoms with van der Waals surface area (Å²) in [5, 5.41) is 9.35. The fourth-order valence-electron chi connectivity index (χ4n) is 1.21. The van der Waals surface area contributed by atoms with Crippen molar-refractivity contribution in [2.45, 2.75) is 25.9 Å². The molecule has 0 spiro atoms. The van der Waals surface area contributed by atoms with Crippen LogP contribution >= 0.6 is 0 Å². The minimum Gasteiger partial charge on any atom is -0.392 e. The van der Waals surface area contributed by atoms with Crippen LogP contribution in [-0.2, 0) is 0 Å². The van der Waals surface area contributed by atoms with E-state index in [1.165, 1.54) is 0 Å². The standard InChI is InChI=1S/C8H15F2NO/c1-6(2)7(12)3-11-4-8(9,10)5-11/h6-7,12H,3-5H2,1-2H3. The lowest BCUT2D eigenvalue weighted by Crippen LogP contribution is -2.58. The van der Waals surface area contributed by atoms with Crippen LogP contribution in [0.3, 0.4) is 0 Å². The maximum absolute atomic E-state index is 12.3. The first-order chi connectivity index (χ1) is 5.41. The van der Waals surface area contributed by atoms with Crippen molar-refractivity contribution in [3.8, 4) is 0 Å². The Morgan fingerprint density at radius 3 is 2.25 bits per heavy atom. The third-order valence-corrected chi connectivity index (χ3v) is 2.12. The predicted octanol–water partition coefficient (Wildman–Crippen LogP) is 0.954. The Kier molecular flexibility index (Phi) is 2.68. The summed E-state index contributed by atoms with van der Waals surface area (Å²) in [4.78, 5) is 1.57. The quantitative estimate of drug-likeness (QED) is 0.697. The number of likely N-dealkylation sites (tertiary alicyclic amines) is 1. The molecule has 1 saturated heterocycles. The van der Waals surface area contributed by atoms with Gasteiger partial charge in [-0.3, -0.25) is 4.90 Å². The van der Waals surface area contributed by atoms with Crippen molar-refractivity contribution in [3.63, 3.8) is 0 Å². The highest BCUT2D eigenvalue weighted by Crippen LogP contribution is 2.26. The van der Waals surface area contributed by atoms with Gasteiger partial charge >= 0.3 is 0 Å². The van der Waals surface area contributed by atoms with Crippen LogP contribution in [0.1, 0.15) is 13.8 Å². The Morgan fingerprint density at radius 1 is 1.42 bits per heavy atom. The number of hydrogen-bond donors (Lipinski definition) is 1. The Balaban J connectivity index is 2.19. The molecular weight excluding hydrogens is 164 g/mol. The van der Waals surface area contributed by atoms with Gasteiger partial charge in [0.1, 0.15) is 0 Å². The number of aliphatic hydroxyl groups excluding tert-OH is 1. The number of nitrogens with zero attached hydrogens (tertiary/aromatic N) is 1. The van der Waals surface area contributed by atoms with E-state index in [0.29, 0.717) is 6.54 Å². The molecule has 1 N–H and O–H groups in total. The number of β-amino-alcohol motifs (C(OH)–C–C–N with tert-alkyl or cyclic N) is 1. The molecule has 2 nitrogen and oxygen atoms in total. The van der Waals surface area contributed by atoms with E-state index in [1.807, 2.05) is 13.8 Å². The molecule has 72 valence electrons. The molecule has 1 fully saturated rings. The van der Waals surface area contributed by atoms with Crippen molar-refractivity contribution in [3.05, 3.63) is 0 Å². The molecule has 0 aromatic carbocycles. The van der Waals surface area contributed by atoms with Gasteiger partial charge in [0.25, 0.3) is 5.92 Å². The van der Waals surface area contributed by atoms with Gasteiger partial charge in [0.2, 0.25) is 0 Å². The van der Waals surface area contributed by atoms with Crippen molar-refractivity contribution in [2.24, 2.45) is 5.92 Å². The van der Waals surface area contributed by atoms with Crippen molar-refractivity contribution in [1.29, 1.82) is 0 Å². The second-order valence-corrected chi connectivity index (χ2v) is 3.84. The van der Waals surface area contributed by atoms with Gasteiger partial charge in [-0.2, -0.15) is 0 Å². The summed E-state index contributed by atoms with van der Waals surface area (Å²) < 4.78 is 24.6. The molecule has 0 saturated carbocycles. The summed E-state index contributed by atoms with van der Waals surface area (Å²) in [6.45, 7) is 3.73. The van der Waals surface area contributed by atoms with Gasteiger partial charge in [0.05, 0.1) is 19.2 Å². The first-order valence-electron chi connectivity index (χ1n) is 4.19. The predicted molar refractivity (Wildman–Crippen MR) is 42.2 cm³/mol. The third-order valence-electron chi connectivity index (χ3n) is 2.12. The molecule has 0 aromatic heterocycles. The van der Waals surface area contributed by atoms with Gasteiger partial charge in [-0.05, 0) is 5.92 Å². The van der Waals surface area contributed by atoms with Crippen LogP contribution in [0.15, 0.2) is 0 Å². The molecule has 1 aliphatic heterocycles. The normalized spacial score (nSPS) is 25.5. The zero-order chi connectivity index (χ0) is 9.35. The Labute approximate surface area is 71.2 Å². The molecule has 1 rings (SSSR count). The minimum absolute atomic E-state index is 0.138. The number of hydrogen-bond acceptors (Lipinski definition) is 2. The van der Waals surface area contributed by atoms with Gasteiger partial charge < -0.3 is 5.11 Å². The maximum atomic E-state index is 12.3. The second-order valence-electron chi connectivity index (χ2n) is 3.84. The van der Waals surface area contributed by atoms with Crippen LogP contribution in [0.25, 0.3) is 0 Å². The fraction of sp³-hybridized carbons (Fsp3) is 1.00. The van der Waals surface area contributed by atoms with Crippen LogP contribution < -0.4 is 0 Å². The van der Waals surface area contributed by atoms with Crippen LogP contribution in [0.2, 0.25) is 0 Å². The highest BCUT2D eigenvalue weighted by molar-refractivity contribution is 4.88. The number of halogens is 2. The fourth-order valence-corrected chi connectivity index (χ4v) is 1.21. The Hall–Kier alpha value is -0.220. The van der Waals surface area contributed by atoms with Gasteiger partial charge in [0, 0.05) is 6.54 Å². The average Bonchev–Trinajstić information content (AvgIpc) is 1.83. The summed E-state index contributed by atoms with van der Waals surface area (Å²) in [6.07, 6.45) is -0.485. The largest absolute Gasteiger partial charge is 0.392 e. The van der Waals surface area contributed by atoms with Gasteiger partial charge in [-0.15, -0.1) is 0 Å². The summed E-state index contributed by atoms with van der Waals surface area (Å²) in [5.41, 5.74) is 0. The highest BCUT2D eigenvalue weighted by Gasteiger charge is 2.44. The van der Waals surface area contributed by atoms with Gasteiger partial charge in [0.15, 0.2) is 0 Å². The molecule has 0 bridgehead atoms. The summed E-state index contributed by atoms with van der Waals surface area (Å²) in [6, 6.07) is 0. The Bertz CT molecular complexity index is 153. The number of aliphatic hydroxyl groups is 1. The topological polar surface area (TPSA) is 23.5 Å². The van der Waals surface area contributed by atoms with E-state index in [9.17, 15) is 13.9 Å². The molecule has 1 aliphatic rings. The molecular formula is C8H15F2NO. The first-order valence-corrected chi connectivity index (χ1v) is 4.19. The monoisotopic (exact) mass is 179 g/mol. The van der Waals surface area contributed by atoms with E-state index in [0.717, 1.165) is 0 Å². The molecule has 1 unspecified atom stereocenters. The van der Waals surface area contributed by atoms with Crippen molar-refractivity contribution < 1.29 is 13.9 Å². The number of alkyl halides is 2. The van der Waals surface area contributed by atoms with Crippen LogP contribution in [0, 0.1) is 5.92 Å². The summed E-state index contributed by atoms with van der Waals surface area (Å²) in [7, 11) is 0. The van der Waals surface area contributed by atoms with E-state index in [1.54, 1.807) is 4.90 Å². The van der Waals surface area contributed by atoms with E-state index in [-0.39, 0.29) is 19.0 Å². The van der Waals surface area contributed by atoms with Crippen LogP contribution in [0.5, 0.6) is 0 Å². The Morgan fingerprint density at radius 2 is 1.92 bits per heavy atom. The molecule has 1 atom stereocenters. The molecule has 0 radical (unpaired) electrons. The zero-order valence-electron chi connectivity index (χ0n) is 7.43. The van der Waals surface area contributed by atoms with Crippen molar-refractivity contribution in [1.82, 2.24) is 4.90 Å². The molecule has 4 heteroatoms.